The van der Waals surface area contributed by atoms with Crippen LogP contribution in [0.25, 0.3) is 0 Å². The van der Waals surface area contributed by atoms with Crippen molar-refractivity contribution in [3.8, 4) is 0 Å². The zero-order valence-electron chi connectivity index (χ0n) is 10.7. The van der Waals surface area contributed by atoms with Crippen molar-refractivity contribution in [3.63, 3.8) is 0 Å². The lowest BCUT2D eigenvalue weighted by atomic mass is 10.2. The van der Waals surface area contributed by atoms with Crippen LogP contribution in [0.2, 0.25) is 0 Å². The Morgan fingerprint density at radius 2 is 2.06 bits per heavy atom. The number of rotatable bonds is 4. The summed E-state index contributed by atoms with van der Waals surface area (Å²) in [5, 5.41) is 0. The van der Waals surface area contributed by atoms with E-state index in [0.29, 0.717) is 5.88 Å². The summed E-state index contributed by atoms with van der Waals surface area (Å²) in [5.74, 6) is 1.46. The van der Waals surface area contributed by atoms with Gasteiger partial charge in [0.1, 0.15) is 5.82 Å². The molecule has 3 heteroatoms. The van der Waals surface area contributed by atoms with Gasteiger partial charge in [0.2, 0.25) is 0 Å². The van der Waals surface area contributed by atoms with E-state index in [4.69, 9.17) is 11.6 Å². The first-order chi connectivity index (χ1) is 8.74. The lowest BCUT2D eigenvalue weighted by Gasteiger charge is -2.22. The molecule has 0 aliphatic rings. The minimum Gasteiger partial charge on any atom is -0.327 e. The van der Waals surface area contributed by atoms with Gasteiger partial charge in [-0.1, -0.05) is 12.1 Å². The molecule has 1 aromatic heterocycles. The quantitative estimate of drug-likeness (QED) is 0.763. The molecule has 0 aliphatic heterocycles. The Kier molecular flexibility index (Phi) is 4.21. The molecule has 0 saturated carbocycles. The lowest BCUT2D eigenvalue weighted by Crippen LogP contribution is -2.17. The second kappa shape index (κ2) is 5.87. The van der Waals surface area contributed by atoms with Crippen LogP contribution in [-0.4, -0.2) is 11.5 Å². The van der Waals surface area contributed by atoms with Crippen LogP contribution >= 0.6 is 11.6 Å². The first-order valence-electron chi connectivity index (χ1n) is 6.09. The van der Waals surface area contributed by atoms with E-state index in [1.54, 1.807) is 0 Å². The van der Waals surface area contributed by atoms with E-state index in [-0.39, 0.29) is 0 Å². The first kappa shape index (κ1) is 12.9. The number of hydrogen-bond donors (Lipinski definition) is 0. The largest absolute Gasteiger partial charge is 0.327 e. The number of anilines is 2. The minimum atomic E-state index is 0.515. The van der Waals surface area contributed by atoms with E-state index in [0.717, 1.165) is 23.6 Å². The highest BCUT2D eigenvalue weighted by Gasteiger charge is 2.08. The third kappa shape index (κ3) is 2.82. The monoisotopic (exact) mass is 260 g/mol. The highest BCUT2D eigenvalue weighted by atomic mass is 35.5. The van der Waals surface area contributed by atoms with E-state index in [2.05, 4.69) is 48.0 Å². The number of nitrogens with zero attached hydrogens (tertiary/aromatic N) is 2. The summed E-state index contributed by atoms with van der Waals surface area (Å²) in [4.78, 5) is 6.62. The number of benzene rings is 1. The van der Waals surface area contributed by atoms with Crippen molar-refractivity contribution in [3.05, 3.63) is 53.7 Å². The van der Waals surface area contributed by atoms with E-state index >= 15 is 0 Å². The summed E-state index contributed by atoms with van der Waals surface area (Å²) in [6, 6.07) is 12.4. The molecule has 0 spiro atoms. The number of halogens is 1. The number of aromatic nitrogens is 1. The van der Waals surface area contributed by atoms with Crippen molar-refractivity contribution in [1.29, 1.82) is 0 Å². The molecule has 0 amide bonds. The van der Waals surface area contributed by atoms with Gasteiger partial charge in [0.25, 0.3) is 0 Å². The summed E-state index contributed by atoms with van der Waals surface area (Å²) >= 11 is 5.87. The van der Waals surface area contributed by atoms with Gasteiger partial charge in [-0.25, -0.2) is 4.98 Å². The topological polar surface area (TPSA) is 16.1 Å². The number of aryl methyl sites for hydroxylation is 1. The molecule has 1 heterocycles. The molecule has 0 fully saturated rings. The Morgan fingerprint density at radius 1 is 1.22 bits per heavy atom. The summed E-state index contributed by atoms with van der Waals surface area (Å²) in [6.45, 7) is 5.10. The normalized spacial score (nSPS) is 10.4. The summed E-state index contributed by atoms with van der Waals surface area (Å²) in [5.41, 5.74) is 3.50. The van der Waals surface area contributed by atoms with Gasteiger partial charge >= 0.3 is 0 Å². The molecule has 2 rings (SSSR count). The van der Waals surface area contributed by atoms with Crippen molar-refractivity contribution in [2.45, 2.75) is 19.7 Å². The smallest absolute Gasteiger partial charge is 0.133 e. The van der Waals surface area contributed by atoms with Crippen LogP contribution in [0.3, 0.4) is 0 Å². The van der Waals surface area contributed by atoms with Gasteiger partial charge in [0, 0.05) is 24.3 Å². The van der Waals surface area contributed by atoms with Crippen molar-refractivity contribution in [1.82, 2.24) is 4.98 Å². The highest BCUT2D eigenvalue weighted by Crippen LogP contribution is 2.24. The van der Waals surface area contributed by atoms with Gasteiger partial charge in [0.15, 0.2) is 0 Å². The lowest BCUT2D eigenvalue weighted by molar-refractivity contribution is 0.985. The first-order valence-corrected chi connectivity index (χ1v) is 6.63. The standard InChI is InChI=1S/C15H17ClN2/c1-3-18(14-6-4-5-12(2)9-14)15-10-13(11-16)7-8-17-15/h4-10H,3,11H2,1-2H3. The molecule has 2 aromatic rings. The van der Waals surface area contributed by atoms with Crippen LogP contribution in [-0.2, 0) is 5.88 Å². The Balaban J connectivity index is 2.38. The minimum absolute atomic E-state index is 0.515. The zero-order chi connectivity index (χ0) is 13.0. The van der Waals surface area contributed by atoms with Crippen LogP contribution in [0.5, 0.6) is 0 Å². The average molecular weight is 261 g/mol. The van der Waals surface area contributed by atoms with Gasteiger partial charge in [-0.05, 0) is 49.2 Å². The second-order valence-electron chi connectivity index (χ2n) is 4.24. The molecule has 0 N–H and O–H groups in total. The predicted octanol–water partition coefficient (Wildman–Crippen LogP) is 4.29. The molecule has 94 valence electrons. The van der Waals surface area contributed by atoms with Crippen LogP contribution in [0.15, 0.2) is 42.6 Å². The molecule has 18 heavy (non-hydrogen) atoms. The molecule has 0 bridgehead atoms. The van der Waals surface area contributed by atoms with Gasteiger partial charge in [-0.3, -0.25) is 0 Å². The van der Waals surface area contributed by atoms with Crippen molar-refractivity contribution >= 4 is 23.1 Å². The zero-order valence-corrected chi connectivity index (χ0v) is 11.5. The van der Waals surface area contributed by atoms with Crippen LogP contribution < -0.4 is 4.90 Å². The van der Waals surface area contributed by atoms with Crippen LogP contribution in [0, 0.1) is 6.92 Å². The highest BCUT2D eigenvalue weighted by molar-refractivity contribution is 6.17. The molecular formula is C15H17ClN2. The molecular weight excluding hydrogens is 244 g/mol. The van der Waals surface area contributed by atoms with Gasteiger partial charge < -0.3 is 4.90 Å². The SMILES string of the molecule is CCN(c1cccc(C)c1)c1cc(CCl)ccn1. The average Bonchev–Trinajstić information content (AvgIpc) is 2.40. The summed E-state index contributed by atoms with van der Waals surface area (Å²) < 4.78 is 0. The Hall–Kier alpha value is -1.54. The van der Waals surface area contributed by atoms with E-state index < -0.39 is 0 Å². The van der Waals surface area contributed by atoms with Crippen molar-refractivity contribution in [2.75, 3.05) is 11.4 Å². The fraction of sp³-hybridized carbons (Fsp3) is 0.267. The second-order valence-corrected chi connectivity index (χ2v) is 4.51. The maximum Gasteiger partial charge on any atom is 0.133 e. The van der Waals surface area contributed by atoms with Gasteiger partial charge in [0.05, 0.1) is 0 Å². The van der Waals surface area contributed by atoms with Crippen LogP contribution in [0.4, 0.5) is 11.5 Å². The third-order valence-electron chi connectivity index (χ3n) is 2.87. The van der Waals surface area contributed by atoms with Crippen LogP contribution in [0.1, 0.15) is 18.1 Å². The molecule has 0 aliphatic carbocycles. The molecule has 0 atom stereocenters. The van der Waals surface area contributed by atoms with Crippen molar-refractivity contribution in [2.24, 2.45) is 0 Å². The molecule has 1 aromatic carbocycles. The van der Waals surface area contributed by atoms with Crippen molar-refractivity contribution < 1.29 is 0 Å². The fourth-order valence-corrected chi connectivity index (χ4v) is 2.13. The Labute approximate surface area is 113 Å². The molecule has 2 nitrogen and oxygen atoms in total. The number of pyridine rings is 1. The van der Waals surface area contributed by atoms with Gasteiger partial charge in [-0.15, -0.1) is 11.6 Å². The maximum atomic E-state index is 5.87. The molecule has 0 radical (unpaired) electrons. The Morgan fingerprint density at radius 3 is 2.72 bits per heavy atom. The molecule has 0 unspecified atom stereocenters. The summed E-state index contributed by atoms with van der Waals surface area (Å²) in [6.07, 6.45) is 1.81. The van der Waals surface area contributed by atoms with E-state index in [1.165, 1.54) is 5.56 Å². The number of alkyl halides is 1. The maximum absolute atomic E-state index is 5.87. The number of hydrogen-bond acceptors (Lipinski definition) is 2. The summed E-state index contributed by atoms with van der Waals surface area (Å²) in [7, 11) is 0. The van der Waals surface area contributed by atoms with E-state index in [9.17, 15) is 0 Å². The molecule has 0 saturated heterocycles. The Bertz CT molecular complexity index is 525. The van der Waals surface area contributed by atoms with Gasteiger partial charge in [-0.2, -0.15) is 0 Å². The fourth-order valence-electron chi connectivity index (χ4n) is 1.96. The third-order valence-corrected chi connectivity index (χ3v) is 3.18. The van der Waals surface area contributed by atoms with E-state index in [1.807, 2.05) is 18.3 Å². The predicted molar refractivity (Wildman–Crippen MR) is 77.7 cm³/mol.